The number of para-hydroxylation sites is 1. The van der Waals surface area contributed by atoms with Crippen LogP contribution in [0.5, 0.6) is 0 Å². The van der Waals surface area contributed by atoms with Gasteiger partial charge in [0.2, 0.25) is 0 Å². The third-order valence-electron chi connectivity index (χ3n) is 4.15. The second kappa shape index (κ2) is 4.49. The minimum Gasteiger partial charge on any atom is -0.454 e. The van der Waals surface area contributed by atoms with E-state index in [1.54, 1.807) is 0 Å². The maximum atomic E-state index is 5.97. The van der Waals surface area contributed by atoms with E-state index < -0.39 is 0 Å². The van der Waals surface area contributed by atoms with Crippen LogP contribution in [-0.2, 0) is 0 Å². The maximum Gasteiger partial charge on any atom is 0.157 e. The van der Waals surface area contributed by atoms with Gasteiger partial charge in [0, 0.05) is 30.2 Å². The van der Waals surface area contributed by atoms with Crippen molar-refractivity contribution in [1.82, 2.24) is 4.90 Å². The fourth-order valence-corrected chi connectivity index (χ4v) is 3.13. The summed E-state index contributed by atoms with van der Waals surface area (Å²) in [6.07, 6.45) is 4.77. The van der Waals surface area contributed by atoms with E-state index in [0.29, 0.717) is 5.92 Å². The highest BCUT2D eigenvalue weighted by molar-refractivity contribution is 5.90. The number of fused-ring (bicyclic) bond motifs is 3. The van der Waals surface area contributed by atoms with Crippen LogP contribution in [0, 0.1) is 5.92 Å². The summed E-state index contributed by atoms with van der Waals surface area (Å²) in [5.74, 6) is 1.66. The molecule has 0 amide bonds. The molecule has 0 unspecified atom stereocenters. The van der Waals surface area contributed by atoms with Crippen LogP contribution < -0.4 is 5.73 Å². The molecule has 3 aliphatic rings. The van der Waals surface area contributed by atoms with E-state index in [1.807, 2.05) is 12.1 Å². The topological polar surface area (TPSA) is 42.4 Å². The quantitative estimate of drug-likeness (QED) is 0.811. The molecule has 0 spiro atoms. The van der Waals surface area contributed by atoms with E-state index in [9.17, 15) is 0 Å². The van der Waals surface area contributed by atoms with Crippen molar-refractivity contribution in [3.8, 4) is 0 Å². The summed E-state index contributed by atoms with van der Waals surface area (Å²) in [7, 11) is 0. The van der Waals surface area contributed by atoms with E-state index in [1.165, 1.54) is 31.5 Å². The lowest BCUT2D eigenvalue weighted by Gasteiger charge is -2.38. The van der Waals surface area contributed by atoms with Crippen molar-refractivity contribution < 1.29 is 4.42 Å². The Kier molecular flexibility index (Phi) is 2.94. The van der Waals surface area contributed by atoms with Crippen molar-refractivity contribution in [2.75, 3.05) is 18.8 Å². The molecule has 2 aromatic rings. The number of halogens is 1. The van der Waals surface area contributed by atoms with E-state index in [-0.39, 0.29) is 12.4 Å². The van der Waals surface area contributed by atoms with E-state index in [0.717, 1.165) is 22.4 Å². The molecule has 1 aromatic carbocycles. The number of anilines is 1. The van der Waals surface area contributed by atoms with Crippen molar-refractivity contribution in [2.45, 2.75) is 12.8 Å². The average molecular weight is 277 g/mol. The van der Waals surface area contributed by atoms with Gasteiger partial charge >= 0.3 is 0 Å². The van der Waals surface area contributed by atoms with E-state index in [4.69, 9.17) is 10.2 Å². The number of benzene rings is 1. The highest BCUT2D eigenvalue weighted by atomic mass is 35.5. The normalized spacial score (nSPS) is 18.5. The average Bonchev–Trinajstić information content (AvgIpc) is 2.85. The van der Waals surface area contributed by atoms with E-state index in [2.05, 4.69) is 23.2 Å². The maximum absolute atomic E-state index is 5.97. The van der Waals surface area contributed by atoms with Gasteiger partial charge in [0.15, 0.2) is 5.58 Å². The van der Waals surface area contributed by atoms with Gasteiger partial charge in [0.25, 0.3) is 0 Å². The molecule has 2 N–H and O–H groups in total. The molecule has 0 atom stereocenters. The lowest BCUT2D eigenvalue weighted by Crippen LogP contribution is -2.35. The first-order valence-electron chi connectivity index (χ1n) is 6.55. The van der Waals surface area contributed by atoms with Crippen molar-refractivity contribution >= 4 is 34.6 Å². The van der Waals surface area contributed by atoms with Crippen molar-refractivity contribution in [3.05, 3.63) is 36.2 Å². The first kappa shape index (κ1) is 12.4. The van der Waals surface area contributed by atoms with Gasteiger partial charge in [-0.05, 0) is 30.9 Å². The summed E-state index contributed by atoms with van der Waals surface area (Å²) in [5.41, 5.74) is 8.85. The highest BCUT2D eigenvalue weighted by Gasteiger charge is 2.29. The zero-order chi connectivity index (χ0) is 12.1. The number of nitrogens with zero attached hydrogens (tertiary/aromatic N) is 1. The Morgan fingerprint density at radius 1 is 1.21 bits per heavy atom. The van der Waals surface area contributed by atoms with Gasteiger partial charge in [-0.25, -0.2) is 0 Å². The predicted molar refractivity (Wildman–Crippen MR) is 80.1 cm³/mol. The third kappa shape index (κ3) is 1.89. The summed E-state index contributed by atoms with van der Waals surface area (Å²) in [5, 5.41) is 1.10. The van der Waals surface area contributed by atoms with Gasteiger partial charge in [-0.1, -0.05) is 12.1 Å². The molecule has 3 nitrogen and oxygen atoms in total. The standard InChI is InChI=1S/C15H16N2O.ClH/c16-13-3-1-2-11-8-14(18-15(11)13)12-9-17-6-4-10(12)5-7-17;/h1-3,8-10H,4-7,16H2;1H. The smallest absolute Gasteiger partial charge is 0.157 e. The van der Waals surface area contributed by atoms with Crippen molar-refractivity contribution in [3.63, 3.8) is 0 Å². The Labute approximate surface area is 118 Å². The zero-order valence-corrected chi connectivity index (χ0v) is 11.5. The number of hydrogen-bond donors (Lipinski definition) is 1. The summed E-state index contributed by atoms with van der Waals surface area (Å²) < 4.78 is 5.97. The minimum atomic E-state index is 0. The largest absolute Gasteiger partial charge is 0.454 e. The molecule has 0 saturated carbocycles. The van der Waals surface area contributed by atoms with Crippen LogP contribution in [0.15, 0.2) is 34.9 Å². The van der Waals surface area contributed by atoms with Gasteiger partial charge in [-0.15, -0.1) is 12.4 Å². The molecule has 4 heterocycles. The second-order valence-electron chi connectivity index (χ2n) is 5.27. The molecular formula is C15H17ClN2O. The van der Waals surface area contributed by atoms with Crippen LogP contribution in [0.2, 0.25) is 0 Å². The molecule has 1 aromatic heterocycles. The molecule has 5 rings (SSSR count). The van der Waals surface area contributed by atoms with Crippen LogP contribution in [0.25, 0.3) is 16.5 Å². The van der Waals surface area contributed by atoms with Crippen LogP contribution >= 0.6 is 12.4 Å². The predicted octanol–water partition coefficient (Wildman–Crippen LogP) is 3.50. The molecule has 100 valence electrons. The number of hydrogen-bond acceptors (Lipinski definition) is 3. The van der Waals surface area contributed by atoms with Gasteiger partial charge in [-0.3, -0.25) is 0 Å². The van der Waals surface area contributed by atoms with Crippen molar-refractivity contribution in [1.29, 1.82) is 0 Å². The fraction of sp³-hybridized carbons (Fsp3) is 0.333. The number of nitrogen functional groups attached to an aromatic ring is 1. The lowest BCUT2D eigenvalue weighted by molar-refractivity contribution is 0.250. The molecule has 0 radical (unpaired) electrons. The van der Waals surface area contributed by atoms with Gasteiger partial charge in [-0.2, -0.15) is 0 Å². The molecule has 2 bridgehead atoms. The monoisotopic (exact) mass is 276 g/mol. The zero-order valence-electron chi connectivity index (χ0n) is 10.6. The Morgan fingerprint density at radius 3 is 2.63 bits per heavy atom. The Balaban J connectivity index is 0.00000110. The molecule has 3 aliphatic heterocycles. The SMILES string of the molecule is Cl.Nc1cccc2cc(C3=CN4CCC3CC4)oc12. The first-order chi connectivity index (χ1) is 8.81. The first-order valence-corrected chi connectivity index (χ1v) is 6.55. The van der Waals surface area contributed by atoms with Crippen LogP contribution in [-0.4, -0.2) is 18.0 Å². The minimum absolute atomic E-state index is 0. The van der Waals surface area contributed by atoms with Gasteiger partial charge in [0.05, 0.1) is 5.69 Å². The number of piperidine rings is 1. The number of furan rings is 1. The summed E-state index contributed by atoms with van der Waals surface area (Å²) in [6.45, 7) is 2.38. The Hall–Kier alpha value is -1.61. The summed E-state index contributed by atoms with van der Waals surface area (Å²) in [4.78, 5) is 2.39. The van der Waals surface area contributed by atoms with Crippen LogP contribution in [0.3, 0.4) is 0 Å². The molecule has 19 heavy (non-hydrogen) atoms. The number of rotatable bonds is 1. The molecule has 0 aliphatic carbocycles. The third-order valence-corrected chi connectivity index (χ3v) is 4.15. The summed E-state index contributed by atoms with van der Waals surface area (Å²) >= 11 is 0. The van der Waals surface area contributed by atoms with Crippen LogP contribution in [0.1, 0.15) is 18.6 Å². The van der Waals surface area contributed by atoms with Gasteiger partial charge in [0.1, 0.15) is 5.76 Å². The molecular weight excluding hydrogens is 260 g/mol. The second-order valence-corrected chi connectivity index (χ2v) is 5.27. The van der Waals surface area contributed by atoms with E-state index >= 15 is 0 Å². The molecule has 1 saturated heterocycles. The van der Waals surface area contributed by atoms with Gasteiger partial charge < -0.3 is 15.1 Å². The number of allylic oxidation sites excluding steroid dienone is 1. The molecule has 4 heteroatoms. The Morgan fingerprint density at radius 2 is 2.00 bits per heavy atom. The van der Waals surface area contributed by atoms with Crippen LogP contribution in [0.4, 0.5) is 5.69 Å². The fourth-order valence-electron chi connectivity index (χ4n) is 3.13. The van der Waals surface area contributed by atoms with Crippen molar-refractivity contribution in [2.24, 2.45) is 5.92 Å². The molecule has 1 fully saturated rings. The lowest BCUT2D eigenvalue weighted by atomic mass is 9.84. The Bertz CT molecular complexity index is 639. The summed E-state index contributed by atoms with van der Waals surface area (Å²) in [6, 6.07) is 8.04. The number of nitrogens with two attached hydrogens (primary N) is 1. The highest BCUT2D eigenvalue weighted by Crippen LogP contribution is 2.39.